The number of carbonyl (C=O) groups is 3. The van der Waals surface area contributed by atoms with E-state index in [-0.39, 0.29) is 24.5 Å². The van der Waals surface area contributed by atoms with Gasteiger partial charge in [0.2, 0.25) is 5.91 Å². The molecule has 0 spiro atoms. The highest BCUT2D eigenvalue weighted by Gasteiger charge is 2.19. The Labute approximate surface area is 140 Å². The van der Waals surface area contributed by atoms with E-state index in [2.05, 4.69) is 5.32 Å². The second kappa shape index (κ2) is 10.8. The Morgan fingerprint density at radius 3 is 2.48 bits per heavy atom. The first kappa shape index (κ1) is 19.2. The molecule has 0 saturated heterocycles. The van der Waals surface area contributed by atoms with Crippen molar-refractivity contribution >= 4 is 29.4 Å². The maximum absolute atomic E-state index is 11.9. The van der Waals surface area contributed by atoms with Crippen LogP contribution in [0.3, 0.4) is 0 Å². The van der Waals surface area contributed by atoms with Crippen LogP contribution in [0.15, 0.2) is 30.3 Å². The summed E-state index contributed by atoms with van der Waals surface area (Å²) >= 11 is 1.64. The molecule has 5 nitrogen and oxygen atoms in total. The zero-order valence-electron chi connectivity index (χ0n) is 13.3. The van der Waals surface area contributed by atoms with Gasteiger partial charge in [-0.15, -0.1) is 0 Å². The SMILES string of the molecule is CCSCCC(NC(=O)CCCC(=O)c1ccccc1)C(=O)O. The molecule has 1 aromatic carbocycles. The van der Waals surface area contributed by atoms with Crippen molar-refractivity contribution in [3.8, 4) is 0 Å². The molecule has 0 aliphatic heterocycles. The first-order valence-electron chi connectivity index (χ1n) is 7.72. The van der Waals surface area contributed by atoms with Gasteiger partial charge in [0, 0.05) is 18.4 Å². The van der Waals surface area contributed by atoms with Crippen molar-refractivity contribution in [3.05, 3.63) is 35.9 Å². The molecule has 0 aliphatic rings. The second-order valence-electron chi connectivity index (χ2n) is 5.09. The lowest BCUT2D eigenvalue weighted by atomic mass is 10.1. The molecule has 6 heteroatoms. The summed E-state index contributed by atoms with van der Waals surface area (Å²) < 4.78 is 0. The van der Waals surface area contributed by atoms with Crippen molar-refractivity contribution in [1.82, 2.24) is 5.32 Å². The highest BCUT2D eigenvalue weighted by Crippen LogP contribution is 2.08. The van der Waals surface area contributed by atoms with Crippen LogP contribution in [0.2, 0.25) is 0 Å². The average Bonchev–Trinajstić information content (AvgIpc) is 2.54. The van der Waals surface area contributed by atoms with Gasteiger partial charge in [-0.05, 0) is 24.3 Å². The van der Waals surface area contributed by atoms with Crippen LogP contribution in [0.5, 0.6) is 0 Å². The number of hydrogen-bond donors (Lipinski definition) is 2. The molecule has 1 atom stereocenters. The van der Waals surface area contributed by atoms with E-state index < -0.39 is 12.0 Å². The Bertz CT molecular complexity index is 519. The van der Waals surface area contributed by atoms with E-state index in [0.717, 1.165) is 5.75 Å². The molecule has 0 radical (unpaired) electrons. The van der Waals surface area contributed by atoms with E-state index in [9.17, 15) is 14.4 Å². The van der Waals surface area contributed by atoms with Crippen molar-refractivity contribution in [2.45, 2.75) is 38.6 Å². The minimum absolute atomic E-state index is 0.00692. The first-order chi connectivity index (χ1) is 11.0. The van der Waals surface area contributed by atoms with E-state index in [4.69, 9.17) is 5.11 Å². The lowest BCUT2D eigenvalue weighted by molar-refractivity contribution is -0.141. The molecule has 1 aromatic rings. The maximum Gasteiger partial charge on any atom is 0.326 e. The van der Waals surface area contributed by atoms with Crippen LogP contribution in [-0.4, -0.2) is 40.3 Å². The number of carboxylic acid groups (broad SMARTS) is 1. The summed E-state index contributed by atoms with van der Waals surface area (Å²) in [7, 11) is 0. The number of thioether (sulfide) groups is 1. The van der Waals surface area contributed by atoms with Gasteiger partial charge in [0.15, 0.2) is 5.78 Å². The molecule has 0 heterocycles. The van der Waals surface area contributed by atoms with E-state index in [0.29, 0.717) is 24.2 Å². The van der Waals surface area contributed by atoms with Gasteiger partial charge in [-0.25, -0.2) is 4.79 Å². The summed E-state index contributed by atoms with van der Waals surface area (Å²) in [6, 6.07) is 8.07. The first-order valence-corrected chi connectivity index (χ1v) is 8.88. The lowest BCUT2D eigenvalue weighted by Crippen LogP contribution is -2.41. The number of hydrogen-bond acceptors (Lipinski definition) is 4. The third-order valence-corrected chi connectivity index (χ3v) is 4.22. The van der Waals surface area contributed by atoms with Crippen LogP contribution in [0.1, 0.15) is 43.0 Å². The summed E-state index contributed by atoms with van der Waals surface area (Å²) in [5, 5.41) is 11.6. The van der Waals surface area contributed by atoms with E-state index in [1.165, 1.54) is 0 Å². The van der Waals surface area contributed by atoms with Crippen molar-refractivity contribution in [2.75, 3.05) is 11.5 Å². The number of benzene rings is 1. The second-order valence-corrected chi connectivity index (χ2v) is 6.48. The normalized spacial score (nSPS) is 11.7. The van der Waals surface area contributed by atoms with Gasteiger partial charge in [0.25, 0.3) is 0 Å². The fourth-order valence-corrected chi connectivity index (χ4v) is 2.74. The largest absolute Gasteiger partial charge is 0.480 e. The number of carbonyl (C=O) groups excluding carboxylic acids is 2. The number of ketones is 1. The van der Waals surface area contributed by atoms with Crippen LogP contribution in [-0.2, 0) is 9.59 Å². The van der Waals surface area contributed by atoms with E-state index in [1.807, 2.05) is 13.0 Å². The van der Waals surface area contributed by atoms with Gasteiger partial charge in [0.05, 0.1) is 0 Å². The zero-order valence-corrected chi connectivity index (χ0v) is 14.1. The Morgan fingerprint density at radius 2 is 1.87 bits per heavy atom. The summed E-state index contributed by atoms with van der Waals surface area (Å²) in [4.78, 5) is 34.8. The fourth-order valence-electron chi connectivity index (χ4n) is 2.05. The van der Waals surface area contributed by atoms with Crippen LogP contribution in [0.4, 0.5) is 0 Å². The molecule has 0 aliphatic carbocycles. The van der Waals surface area contributed by atoms with Crippen LogP contribution in [0.25, 0.3) is 0 Å². The van der Waals surface area contributed by atoms with Crippen molar-refractivity contribution in [2.24, 2.45) is 0 Å². The topological polar surface area (TPSA) is 83.5 Å². The highest BCUT2D eigenvalue weighted by molar-refractivity contribution is 7.99. The number of nitrogens with one attached hydrogen (secondary N) is 1. The van der Waals surface area contributed by atoms with Gasteiger partial charge >= 0.3 is 5.97 Å². The van der Waals surface area contributed by atoms with Crippen LogP contribution >= 0.6 is 11.8 Å². The van der Waals surface area contributed by atoms with Crippen molar-refractivity contribution in [3.63, 3.8) is 0 Å². The summed E-state index contributed by atoms with van der Waals surface area (Å²) in [6.45, 7) is 2.00. The standard InChI is InChI=1S/C17H23NO4S/c1-2-23-12-11-14(17(21)22)18-16(20)10-6-9-15(19)13-7-4-3-5-8-13/h3-5,7-8,14H,2,6,9-12H2,1H3,(H,18,20)(H,21,22). The third-order valence-electron chi connectivity index (χ3n) is 3.29. The Kier molecular flexibility index (Phi) is 9.05. The van der Waals surface area contributed by atoms with E-state index >= 15 is 0 Å². The molecule has 0 fully saturated rings. The minimum Gasteiger partial charge on any atom is -0.480 e. The highest BCUT2D eigenvalue weighted by atomic mass is 32.2. The van der Waals surface area contributed by atoms with Gasteiger partial charge in [-0.3, -0.25) is 9.59 Å². The van der Waals surface area contributed by atoms with Crippen molar-refractivity contribution in [1.29, 1.82) is 0 Å². The molecular weight excluding hydrogens is 314 g/mol. The third kappa shape index (κ3) is 7.83. The molecule has 0 bridgehead atoms. The molecule has 0 aromatic heterocycles. The Morgan fingerprint density at radius 1 is 1.17 bits per heavy atom. The monoisotopic (exact) mass is 337 g/mol. The van der Waals surface area contributed by atoms with Gasteiger partial charge in [-0.2, -0.15) is 11.8 Å². The number of carboxylic acids is 1. The minimum atomic E-state index is -1.02. The van der Waals surface area contributed by atoms with Crippen LogP contribution < -0.4 is 5.32 Å². The predicted molar refractivity (Wildman–Crippen MR) is 91.8 cm³/mol. The zero-order chi connectivity index (χ0) is 17.1. The van der Waals surface area contributed by atoms with Crippen molar-refractivity contribution < 1.29 is 19.5 Å². The lowest BCUT2D eigenvalue weighted by Gasteiger charge is -2.14. The molecule has 23 heavy (non-hydrogen) atoms. The van der Waals surface area contributed by atoms with Gasteiger partial charge < -0.3 is 10.4 Å². The average molecular weight is 337 g/mol. The van der Waals surface area contributed by atoms with E-state index in [1.54, 1.807) is 36.0 Å². The quantitative estimate of drug-likeness (QED) is 0.479. The number of aliphatic carboxylic acids is 1. The summed E-state index contributed by atoms with van der Waals surface area (Å²) in [6.07, 6.45) is 1.25. The molecule has 1 unspecified atom stereocenters. The Balaban J connectivity index is 2.32. The van der Waals surface area contributed by atoms with Gasteiger partial charge in [0.1, 0.15) is 6.04 Å². The molecule has 126 valence electrons. The number of amides is 1. The summed E-state index contributed by atoms with van der Waals surface area (Å²) in [5.74, 6) is 0.268. The Hall–Kier alpha value is -1.82. The van der Waals surface area contributed by atoms with Gasteiger partial charge in [-0.1, -0.05) is 37.3 Å². The summed E-state index contributed by atoms with van der Waals surface area (Å²) in [5.41, 5.74) is 0.632. The number of rotatable bonds is 11. The molecule has 0 saturated carbocycles. The number of Topliss-reactive ketones (excluding diaryl/α,β-unsaturated/α-hetero) is 1. The molecular formula is C17H23NO4S. The maximum atomic E-state index is 11.9. The molecule has 1 amide bonds. The molecule has 2 N–H and O–H groups in total. The fraction of sp³-hybridized carbons (Fsp3) is 0.471. The predicted octanol–water partition coefficient (Wildman–Crippen LogP) is 2.75. The van der Waals surface area contributed by atoms with Crippen LogP contribution in [0, 0.1) is 0 Å². The smallest absolute Gasteiger partial charge is 0.326 e. The molecule has 1 rings (SSSR count).